The smallest absolute Gasteiger partial charge is 0.118 e. The first-order chi connectivity index (χ1) is 9.78. The predicted octanol–water partition coefficient (Wildman–Crippen LogP) is 1.82. The van der Waals surface area contributed by atoms with Gasteiger partial charge in [0.15, 0.2) is 0 Å². The average molecular weight is 276 g/mol. The molecule has 4 nitrogen and oxygen atoms in total. The molecule has 110 valence electrons. The van der Waals surface area contributed by atoms with Crippen LogP contribution in [0.5, 0.6) is 5.75 Å². The quantitative estimate of drug-likeness (QED) is 0.889. The molecule has 1 aromatic rings. The maximum Gasteiger partial charge on any atom is 0.118 e. The lowest BCUT2D eigenvalue weighted by atomic mass is 10.1. The summed E-state index contributed by atoms with van der Waals surface area (Å²) in [4.78, 5) is 2.54. The van der Waals surface area contributed by atoms with Gasteiger partial charge in [-0.1, -0.05) is 12.1 Å². The van der Waals surface area contributed by atoms with E-state index >= 15 is 0 Å². The zero-order valence-electron chi connectivity index (χ0n) is 12.3. The van der Waals surface area contributed by atoms with E-state index in [0.29, 0.717) is 18.2 Å². The molecule has 0 amide bonds. The first-order valence-corrected chi connectivity index (χ1v) is 7.47. The Hall–Kier alpha value is -1.10. The Morgan fingerprint density at radius 3 is 2.45 bits per heavy atom. The Kier molecular flexibility index (Phi) is 4.24. The maximum absolute atomic E-state index is 5.90. The van der Waals surface area contributed by atoms with Crippen LogP contribution in [0, 0.1) is 0 Å². The van der Waals surface area contributed by atoms with Crippen molar-refractivity contribution in [3.8, 4) is 5.75 Å². The van der Waals surface area contributed by atoms with Crippen LogP contribution >= 0.6 is 0 Å². The zero-order chi connectivity index (χ0) is 13.9. The molecule has 3 atom stereocenters. The molecule has 0 aliphatic carbocycles. The van der Waals surface area contributed by atoms with E-state index in [0.717, 1.165) is 25.4 Å². The summed E-state index contributed by atoms with van der Waals surface area (Å²) in [5, 5.41) is 3.43. The maximum atomic E-state index is 5.90. The van der Waals surface area contributed by atoms with E-state index in [-0.39, 0.29) is 0 Å². The minimum absolute atomic E-state index is 0.360. The van der Waals surface area contributed by atoms with Gasteiger partial charge in [-0.25, -0.2) is 0 Å². The molecule has 1 aromatic carbocycles. The topological polar surface area (TPSA) is 33.7 Å². The van der Waals surface area contributed by atoms with Gasteiger partial charge in [0, 0.05) is 25.7 Å². The molecule has 3 rings (SSSR count). The highest BCUT2D eigenvalue weighted by Crippen LogP contribution is 2.27. The van der Waals surface area contributed by atoms with Crippen molar-refractivity contribution in [2.24, 2.45) is 0 Å². The molecule has 2 fully saturated rings. The van der Waals surface area contributed by atoms with E-state index in [1.54, 1.807) is 7.11 Å². The summed E-state index contributed by atoms with van der Waals surface area (Å²) in [5.74, 6) is 0.910. The summed E-state index contributed by atoms with van der Waals surface area (Å²) in [6.45, 7) is 3.19. The summed E-state index contributed by atoms with van der Waals surface area (Å²) >= 11 is 0. The van der Waals surface area contributed by atoms with Crippen molar-refractivity contribution in [2.45, 2.75) is 31.1 Å². The van der Waals surface area contributed by atoms with Crippen LogP contribution < -0.4 is 10.1 Å². The molecule has 0 saturated carbocycles. The molecule has 0 spiro atoms. The summed E-state index contributed by atoms with van der Waals surface area (Å²) in [6, 6.07) is 8.72. The molecule has 2 aliphatic rings. The molecule has 2 bridgehead atoms. The number of ether oxygens (including phenoxy) is 2. The number of methoxy groups -OCH3 is 1. The number of hydrogen-bond donors (Lipinski definition) is 1. The normalized spacial score (nSPS) is 27.5. The van der Waals surface area contributed by atoms with Crippen LogP contribution in [0.1, 0.15) is 24.4 Å². The molecule has 0 aromatic heterocycles. The Labute approximate surface area is 121 Å². The third-order valence-corrected chi connectivity index (χ3v) is 4.43. The minimum Gasteiger partial charge on any atom is -0.497 e. The number of morpholine rings is 1. The van der Waals surface area contributed by atoms with Gasteiger partial charge in [-0.3, -0.25) is 4.90 Å². The second-order valence-electron chi connectivity index (χ2n) is 5.79. The molecule has 2 heterocycles. The van der Waals surface area contributed by atoms with Crippen molar-refractivity contribution in [2.75, 3.05) is 33.8 Å². The number of rotatable bonds is 5. The number of likely N-dealkylation sites (tertiary alicyclic amines) is 1. The van der Waals surface area contributed by atoms with Crippen LogP contribution in [0.4, 0.5) is 0 Å². The largest absolute Gasteiger partial charge is 0.497 e. The van der Waals surface area contributed by atoms with Crippen LogP contribution in [0.15, 0.2) is 24.3 Å². The summed E-state index contributed by atoms with van der Waals surface area (Å²) in [6.07, 6.45) is 3.38. The fraction of sp³-hybridized carbons (Fsp3) is 0.625. The molecule has 3 unspecified atom stereocenters. The van der Waals surface area contributed by atoms with Gasteiger partial charge in [0.05, 0.1) is 19.3 Å². The third-order valence-electron chi connectivity index (χ3n) is 4.43. The van der Waals surface area contributed by atoms with Crippen molar-refractivity contribution >= 4 is 0 Å². The van der Waals surface area contributed by atoms with Crippen molar-refractivity contribution in [1.82, 2.24) is 10.2 Å². The van der Waals surface area contributed by atoms with Crippen molar-refractivity contribution < 1.29 is 9.47 Å². The van der Waals surface area contributed by atoms with Crippen LogP contribution in [0.3, 0.4) is 0 Å². The fourth-order valence-electron chi connectivity index (χ4n) is 3.31. The highest BCUT2D eigenvalue weighted by molar-refractivity contribution is 5.29. The van der Waals surface area contributed by atoms with Gasteiger partial charge < -0.3 is 14.8 Å². The second kappa shape index (κ2) is 6.12. The minimum atomic E-state index is 0.360. The van der Waals surface area contributed by atoms with Gasteiger partial charge in [-0.2, -0.15) is 0 Å². The predicted molar refractivity (Wildman–Crippen MR) is 79.1 cm³/mol. The van der Waals surface area contributed by atoms with E-state index < -0.39 is 0 Å². The highest BCUT2D eigenvalue weighted by Gasteiger charge is 2.34. The van der Waals surface area contributed by atoms with Crippen molar-refractivity contribution in [3.05, 3.63) is 29.8 Å². The number of likely N-dealkylation sites (N-methyl/N-ethyl adjacent to an activating group) is 1. The van der Waals surface area contributed by atoms with Gasteiger partial charge in [-0.15, -0.1) is 0 Å². The third kappa shape index (κ3) is 2.97. The number of fused-ring (bicyclic) bond motifs is 2. The van der Waals surface area contributed by atoms with Gasteiger partial charge in [0.2, 0.25) is 0 Å². The number of nitrogens with one attached hydrogen (secondary N) is 1. The monoisotopic (exact) mass is 276 g/mol. The van der Waals surface area contributed by atoms with Crippen LogP contribution in [0.25, 0.3) is 0 Å². The molecule has 0 radical (unpaired) electrons. The van der Waals surface area contributed by atoms with Gasteiger partial charge in [0.1, 0.15) is 5.75 Å². The molecular weight excluding hydrogens is 252 g/mol. The highest BCUT2D eigenvalue weighted by atomic mass is 16.5. The summed E-state index contributed by atoms with van der Waals surface area (Å²) in [5.41, 5.74) is 1.31. The van der Waals surface area contributed by atoms with Crippen LogP contribution in [0.2, 0.25) is 0 Å². The van der Waals surface area contributed by atoms with E-state index in [1.807, 2.05) is 19.2 Å². The SMILES string of the molecule is CNC(CN1CC2CCC(C1)O2)c1ccc(OC)cc1. The lowest BCUT2D eigenvalue weighted by molar-refractivity contribution is -0.0405. The molecule has 20 heavy (non-hydrogen) atoms. The van der Waals surface area contributed by atoms with Crippen LogP contribution in [-0.4, -0.2) is 50.9 Å². The van der Waals surface area contributed by atoms with Gasteiger partial charge >= 0.3 is 0 Å². The van der Waals surface area contributed by atoms with Crippen LogP contribution in [-0.2, 0) is 4.74 Å². The second-order valence-corrected chi connectivity index (χ2v) is 5.79. The molecule has 2 aliphatic heterocycles. The first-order valence-electron chi connectivity index (χ1n) is 7.47. The van der Waals surface area contributed by atoms with E-state index in [4.69, 9.17) is 9.47 Å². The van der Waals surface area contributed by atoms with E-state index in [2.05, 4.69) is 22.3 Å². The van der Waals surface area contributed by atoms with Gasteiger partial charge in [0.25, 0.3) is 0 Å². The molecule has 1 N–H and O–H groups in total. The van der Waals surface area contributed by atoms with E-state index in [1.165, 1.54) is 18.4 Å². The Balaban J connectivity index is 1.64. The average Bonchev–Trinajstić information content (AvgIpc) is 2.84. The number of benzene rings is 1. The molecule has 2 saturated heterocycles. The summed E-state index contributed by atoms with van der Waals surface area (Å²) in [7, 11) is 3.73. The zero-order valence-corrected chi connectivity index (χ0v) is 12.3. The fourth-order valence-corrected chi connectivity index (χ4v) is 3.31. The Morgan fingerprint density at radius 1 is 1.25 bits per heavy atom. The van der Waals surface area contributed by atoms with Crippen molar-refractivity contribution in [3.63, 3.8) is 0 Å². The number of hydrogen-bond acceptors (Lipinski definition) is 4. The summed E-state index contributed by atoms with van der Waals surface area (Å²) < 4.78 is 11.1. The standard InChI is InChI=1S/C16H24N2O2/c1-17-16(12-3-5-13(19-2)6-4-12)11-18-9-14-7-8-15(10-18)20-14/h3-6,14-17H,7-11H2,1-2H3. The van der Waals surface area contributed by atoms with Gasteiger partial charge in [-0.05, 0) is 37.6 Å². The van der Waals surface area contributed by atoms with E-state index in [9.17, 15) is 0 Å². The lowest BCUT2D eigenvalue weighted by Gasteiger charge is -2.34. The Bertz CT molecular complexity index is 423. The lowest BCUT2D eigenvalue weighted by Crippen LogP contribution is -2.45. The number of nitrogens with zero attached hydrogens (tertiary/aromatic N) is 1. The van der Waals surface area contributed by atoms with Crippen molar-refractivity contribution in [1.29, 1.82) is 0 Å². The molecule has 4 heteroatoms. The Morgan fingerprint density at radius 2 is 1.90 bits per heavy atom. The molecular formula is C16H24N2O2. The first kappa shape index (κ1) is 13.9.